The summed E-state index contributed by atoms with van der Waals surface area (Å²) in [7, 11) is -4.96. The Balaban J connectivity index is 2.34. The number of para-hydroxylation sites is 1. The SMILES string of the molecule is CC(=O)N[C@H]1[C@H](Oc2ccccc2)O[C@H](CO)[C@H](O)[C@@H]1OS(=O)(=O)O. The Kier molecular flexibility index (Phi) is 6.32. The summed E-state index contributed by atoms with van der Waals surface area (Å²) in [5.41, 5.74) is 0. The minimum atomic E-state index is -4.96. The second-order valence-corrected chi connectivity index (χ2v) is 6.41. The van der Waals surface area contributed by atoms with Gasteiger partial charge in [-0.2, -0.15) is 8.42 Å². The van der Waals surface area contributed by atoms with E-state index < -0.39 is 53.6 Å². The predicted octanol–water partition coefficient (Wildman–Crippen LogP) is -1.16. The van der Waals surface area contributed by atoms with Crippen molar-refractivity contribution in [1.82, 2.24) is 5.32 Å². The van der Waals surface area contributed by atoms with Crippen LogP contribution < -0.4 is 10.1 Å². The average molecular weight is 377 g/mol. The molecule has 1 heterocycles. The highest BCUT2D eigenvalue weighted by molar-refractivity contribution is 7.80. The molecular formula is C14H19NO9S. The normalized spacial score (nSPS) is 29.8. The van der Waals surface area contributed by atoms with Crippen LogP contribution in [0, 0.1) is 0 Å². The number of carbonyl (C=O) groups is 1. The van der Waals surface area contributed by atoms with Crippen LogP contribution in [-0.2, 0) is 24.1 Å². The van der Waals surface area contributed by atoms with Gasteiger partial charge < -0.3 is 25.0 Å². The van der Waals surface area contributed by atoms with Crippen molar-refractivity contribution in [2.45, 2.75) is 37.6 Å². The Bertz CT molecular complexity index is 681. The van der Waals surface area contributed by atoms with Crippen LogP contribution in [0.1, 0.15) is 6.92 Å². The lowest BCUT2D eigenvalue weighted by molar-refractivity contribution is -0.239. The molecule has 0 radical (unpaired) electrons. The first-order chi connectivity index (χ1) is 11.7. The van der Waals surface area contributed by atoms with Crippen LogP contribution in [-0.4, -0.2) is 66.3 Å². The third-order valence-electron chi connectivity index (χ3n) is 3.45. The number of hydrogen-bond acceptors (Lipinski definition) is 8. The summed E-state index contributed by atoms with van der Waals surface area (Å²) in [6.45, 7) is 0.489. The third kappa shape index (κ3) is 5.36. The van der Waals surface area contributed by atoms with E-state index in [1.165, 1.54) is 0 Å². The second kappa shape index (κ2) is 8.08. The summed E-state index contributed by atoms with van der Waals surface area (Å²) in [6.07, 6.45) is -5.85. The van der Waals surface area contributed by atoms with Crippen LogP contribution in [0.15, 0.2) is 30.3 Å². The quantitative estimate of drug-likeness (QED) is 0.450. The molecule has 0 unspecified atom stereocenters. The lowest BCUT2D eigenvalue weighted by atomic mass is 9.97. The van der Waals surface area contributed by atoms with Gasteiger partial charge in [-0.1, -0.05) is 18.2 Å². The van der Waals surface area contributed by atoms with Gasteiger partial charge in [-0.15, -0.1) is 0 Å². The van der Waals surface area contributed by atoms with E-state index in [4.69, 9.17) is 14.0 Å². The summed E-state index contributed by atoms with van der Waals surface area (Å²) >= 11 is 0. The molecule has 1 aromatic rings. The number of aliphatic hydroxyl groups excluding tert-OH is 2. The minimum absolute atomic E-state index is 0.335. The summed E-state index contributed by atoms with van der Waals surface area (Å²) in [4.78, 5) is 11.5. The van der Waals surface area contributed by atoms with Gasteiger partial charge in [0, 0.05) is 6.92 Å². The second-order valence-electron chi connectivity index (χ2n) is 5.36. The molecule has 0 saturated carbocycles. The van der Waals surface area contributed by atoms with Gasteiger partial charge in [0.05, 0.1) is 6.61 Å². The Morgan fingerprint density at radius 1 is 1.32 bits per heavy atom. The first kappa shape index (κ1) is 19.6. The van der Waals surface area contributed by atoms with Crippen LogP contribution in [0.25, 0.3) is 0 Å². The number of aliphatic hydroxyl groups is 2. The first-order valence-electron chi connectivity index (χ1n) is 7.30. The molecule has 140 valence electrons. The maximum absolute atomic E-state index is 11.5. The highest BCUT2D eigenvalue weighted by atomic mass is 32.3. The van der Waals surface area contributed by atoms with E-state index >= 15 is 0 Å². The maximum Gasteiger partial charge on any atom is 0.397 e. The standard InChI is InChI=1S/C14H19NO9S/c1-8(17)15-11-13(24-25(19,20)21)12(18)10(7-16)23-14(11)22-9-5-3-2-4-6-9/h2-6,10-14,16,18H,7H2,1H3,(H,15,17)(H,19,20,21)/t10-,11-,12+,13-,14-/m1/s1. The van der Waals surface area contributed by atoms with Crippen molar-refractivity contribution in [3.8, 4) is 5.75 Å². The molecule has 0 aliphatic carbocycles. The molecule has 2 rings (SSSR count). The molecule has 4 N–H and O–H groups in total. The van der Waals surface area contributed by atoms with Crippen molar-refractivity contribution in [2.24, 2.45) is 0 Å². The zero-order valence-electron chi connectivity index (χ0n) is 13.2. The van der Waals surface area contributed by atoms with Gasteiger partial charge in [0.2, 0.25) is 12.2 Å². The first-order valence-corrected chi connectivity index (χ1v) is 8.66. The molecule has 1 saturated heterocycles. The van der Waals surface area contributed by atoms with Crippen LogP contribution in [0.3, 0.4) is 0 Å². The summed E-state index contributed by atoms with van der Waals surface area (Å²) < 4.78 is 46.7. The summed E-state index contributed by atoms with van der Waals surface area (Å²) in [5, 5.41) is 21.9. The highest BCUT2D eigenvalue weighted by Crippen LogP contribution is 2.27. The largest absolute Gasteiger partial charge is 0.463 e. The lowest BCUT2D eigenvalue weighted by Gasteiger charge is -2.43. The number of carbonyl (C=O) groups excluding carboxylic acids is 1. The van der Waals surface area contributed by atoms with Crippen molar-refractivity contribution in [3.63, 3.8) is 0 Å². The van der Waals surface area contributed by atoms with Crippen LogP contribution >= 0.6 is 0 Å². The van der Waals surface area contributed by atoms with E-state index in [1.54, 1.807) is 30.3 Å². The van der Waals surface area contributed by atoms with Gasteiger partial charge in [0.25, 0.3) is 0 Å². The molecule has 0 spiro atoms. The topological polar surface area (TPSA) is 152 Å². The molecule has 10 nitrogen and oxygen atoms in total. The zero-order valence-corrected chi connectivity index (χ0v) is 14.0. The van der Waals surface area contributed by atoms with E-state index in [0.29, 0.717) is 5.75 Å². The van der Waals surface area contributed by atoms with E-state index in [2.05, 4.69) is 9.50 Å². The van der Waals surface area contributed by atoms with E-state index in [-0.39, 0.29) is 0 Å². The zero-order chi connectivity index (χ0) is 18.6. The van der Waals surface area contributed by atoms with Crippen molar-refractivity contribution in [1.29, 1.82) is 0 Å². The number of ether oxygens (including phenoxy) is 2. The van der Waals surface area contributed by atoms with Gasteiger partial charge in [0.15, 0.2) is 0 Å². The van der Waals surface area contributed by atoms with Gasteiger partial charge in [-0.3, -0.25) is 9.35 Å². The van der Waals surface area contributed by atoms with Gasteiger partial charge in [-0.25, -0.2) is 4.18 Å². The predicted molar refractivity (Wildman–Crippen MR) is 82.8 cm³/mol. The maximum atomic E-state index is 11.5. The molecule has 1 fully saturated rings. The van der Waals surface area contributed by atoms with Crippen LogP contribution in [0.2, 0.25) is 0 Å². The Morgan fingerprint density at radius 2 is 1.96 bits per heavy atom. The fourth-order valence-corrected chi connectivity index (χ4v) is 2.96. The van der Waals surface area contributed by atoms with E-state index in [9.17, 15) is 23.4 Å². The monoisotopic (exact) mass is 377 g/mol. The number of benzene rings is 1. The molecule has 1 aliphatic rings. The van der Waals surface area contributed by atoms with Crippen molar-refractivity contribution in [2.75, 3.05) is 6.61 Å². The Morgan fingerprint density at radius 3 is 2.48 bits per heavy atom. The van der Waals surface area contributed by atoms with Gasteiger partial charge in [0.1, 0.15) is 30.1 Å². The summed E-state index contributed by atoms with van der Waals surface area (Å²) in [5.74, 6) is -0.240. The highest BCUT2D eigenvalue weighted by Gasteiger charge is 2.49. The van der Waals surface area contributed by atoms with Crippen molar-refractivity contribution < 1.29 is 41.6 Å². The van der Waals surface area contributed by atoms with E-state index in [1.807, 2.05) is 0 Å². The Hall–Kier alpha value is -1.76. The molecule has 25 heavy (non-hydrogen) atoms. The smallest absolute Gasteiger partial charge is 0.397 e. The Labute approximate surface area is 144 Å². The number of rotatable bonds is 6. The fourth-order valence-electron chi connectivity index (χ4n) is 2.44. The van der Waals surface area contributed by atoms with Crippen LogP contribution in [0.5, 0.6) is 5.75 Å². The lowest BCUT2D eigenvalue weighted by Crippen LogP contribution is -2.66. The summed E-state index contributed by atoms with van der Waals surface area (Å²) in [6, 6.07) is 6.99. The van der Waals surface area contributed by atoms with Crippen molar-refractivity contribution >= 4 is 16.3 Å². The average Bonchev–Trinajstić information content (AvgIpc) is 2.53. The fraction of sp³-hybridized carbons (Fsp3) is 0.500. The van der Waals surface area contributed by atoms with Crippen LogP contribution in [0.4, 0.5) is 0 Å². The molecule has 1 amide bonds. The van der Waals surface area contributed by atoms with Crippen molar-refractivity contribution in [3.05, 3.63) is 30.3 Å². The molecule has 0 bridgehead atoms. The molecule has 1 aromatic carbocycles. The van der Waals surface area contributed by atoms with Gasteiger partial charge in [-0.05, 0) is 12.1 Å². The molecule has 5 atom stereocenters. The minimum Gasteiger partial charge on any atom is -0.463 e. The molecule has 1 aliphatic heterocycles. The number of amides is 1. The van der Waals surface area contributed by atoms with E-state index in [0.717, 1.165) is 6.92 Å². The molecule has 11 heteroatoms. The van der Waals surface area contributed by atoms with Gasteiger partial charge >= 0.3 is 10.4 Å². The number of hydrogen-bond donors (Lipinski definition) is 4. The number of nitrogens with one attached hydrogen (secondary N) is 1. The third-order valence-corrected chi connectivity index (χ3v) is 3.92. The molecule has 0 aromatic heterocycles. The molecular weight excluding hydrogens is 358 g/mol.